The molecule has 0 radical (unpaired) electrons. The normalized spacial score (nSPS) is 10.5. The van der Waals surface area contributed by atoms with Crippen LogP contribution in [0.1, 0.15) is 0 Å². The van der Waals surface area contributed by atoms with Gasteiger partial charge in [0, 0.05) is 35.0 Å². The van der Waals surface area contributed by atoms with Gasteiger partial charge in [-0.25, -0.2) is 9.37 Å². The van der Waals surface area contributed by atoms with E-state index in [1.165, 1.54) is 6.07 Å². The van der Waals surface area contributed by atoms with Crippen LogP contribution < -0.4 is 10.6 Å². The summed E-state index contributed by atoms with van der Waals surface area (Å²) < 4.78 is 14.7. The number of nitrogens with one attached hydrogen (secondary N) is 2. The Hall–Kier alpha value is -2.58. The number of halogens is 2. The number of aliphatic hydroxyl groups is 1. The quantitative estimate of drug-likeness (QED) is 0.583. The van der Waals surface area contributed by atoms with Crippen molar-refractivity contribution < 1.29 is 9.50 Å². The minimum Gasteiger partial charge on any atom is -0.395 e. The maximum Gasteiger partial charge on any atom is 0.225 e. The first-order chi connectivity index (χ1) is 12.2. The zero-order chi connectivity index (χ0) is 17.6. The minimum absolute atomic E-state index is 0.0510. The van der Waals surface area contributed by atoms with Gasteiger partial charge in [-0.1, -0.05) is 15.9 Å². The second kappa shape index (κ2) is 8.00. The van der Waals surface area contributed by atoms with E-state index in [4.69, 9.17) is 5.11 Å². The molecule has 2 aromatic heterocycles. The molecule has 6 nitrogen and oxygen atoms in total. The fourth-order valence-corrected chi connectivity index (χ4v) is 2.48. The number of hydrogen-bond donors (Lipinski definition) is 3. The van der Waals surface area contributed by atoms with Gasteiger partial charge in [0.25, 0.3) is 0 Å². The van der Waals surface area contributed by atoms with Gasteiger partial charge in [-0.2, -0.15) is 4.98 Å². The standard InChI is InChI=1S/C17H15BrFN5O/c18-12-3-4-14(13(19)8-12)22-16-9-15(11-2-1-5-20-10-11)23-17(24-16)21-6-7-25/h1-5,8-10,25H,6-7H2,(H2,21,22,23,24). The van der Waals surface area contributed by atoms with Crippen LogP contribution in [-0.4, -0.2) is 33.2 Å². The summed E-state index contributed by atoms with van der Waals surface area (Å²) in [5.74, 6) is 0.353. The predicted molar refractivity (Wildman–Crippen MR) is 98.2 cm³/mol. The van der Waals surface area contributed by atoms with Crippen molar-refractivity contribution in [3.8, 4) is 11.3 Å². The Balaban J connectivity index is 1.96. The van der Waals surface area contributed by atoms with Crippen molar-refractivity contribution in [3.63, 3.8) is 0 Å². The second-order valence-electron chi connectivity index (χ2n) is 5.10. The molecule has 0 atom stereocenters. The van der Waals surface area contributed by atoms with Crippen LogP contribution in [0, 0.1) is 5.82 Å². The lowest BCUT2D eigenvalue weighted by atomic mass is 10.2. The Morgan fingerprint density at radius 1 is 1.16 bits per heavy atom. The third-order valence-corrected chi connectivity index (χ3v) is 3.77. The number of benzene rings is 1. The van der Waals surface area contributed by atoms with E-state index in [9.17, 15) is 4.39 Å². The van der Waals surface area contributed by atoms with Crippen molar-refractivity contribution in [1.82, 2.24) is 15.0 Å². The molecule has 25 heavy (non-hydrogen) atoms. The number of aliphatic hydroxyl groups excluding tert-OH is 1. The highest BCUT2D eigenvalue weighted by molar-refractivity contribution is 9.10. The first kappa shape index (κ1) is 17.2. The van der Waals surface area contributed by atoms with E-state index in [-0.39, 0.29) is 6.61 Å². The van der Waals surface area contributed by atoms with Gasteiger partial charge in [0.2, 0.25) is 5.95 Å². The van der Waals surface area contributed by atoms with Crippen LogP contribution in [0.5, 0.6) is 0 Å². The van der Waals surface area contributed by atoms with E-state index in [1.807, 2.05) is 6.07 Å². The molecule has 0 aliphatic rings. The highest BCUT2D eigenvalue weighted by Crippen LogP contribution is 2.25. The molecule has 128 valence electrons. The smallest absolute Gasteiger partial charge is 0.225 e. The highest BCUT2D eigenvalue weighted by atomic mass is 79.9. The molecular weight excluding hydrogens is 389 g/mol. The minimum atomic E-state index is -0.402. The molecule has 0 bridgehead atoms. The summed E-state index contributed by atoms with van der Waals surface area (Å²) in [4.78, 5) is 12.8. The molecule has 3 rings (SSSR count). The largest absolute Gasteiger partial charge is 0.395 e. The van der Waals surface area contributed by atoms with Crippen molar-refractivity contribution in [2.24, 2.45) is 0 Å². The van der Waals surface area contributed by atoms with Gasteiger partial charge in [0.05, 0.1) is 18.0 Å². The van der Waals surface area contributed by atoms with Crippen LogP contribution in [-0.2, 0) is 0 Å². The van der Waals surface area contributed by atoms with Gasteiger partial charge in [-0.05, 0) is 30.3 Å². The molecule has 0 saturated carbocycles. The summed E-state index contributed by atoms with van der Waals surface area (Å²) in [6.45, 7) is 0.257. The first-order valence-corrected chi connectivity index (χ1v) is 8.31. The number of rotatable bonds is 6. The molecule has 0 amide bonds. The van der Waals surface area contributed by atoms with E-state index >= 15 is 0 Å². The molecule has 0 fully saturated rings. The van der Waals surface area contributed by atoms with Crippen molar-refractivity contribution in [1.29, 1.82) is 0 Å². The van der Waals surface area contributed by atoms with E-state index in [2.05, 4.69) is 41.5 Å². The Morgan fingerprint density at radius 2 is 2.04 bits per heavy atom. The third kappa shape index (κ3) is 4.49. The molecule has 0 saturated heterocycles. The molecule has 3 aromatic rings. The average molecular weight is 404 g/mol. The number of aromatic nitrogens is 3. The maximum absolute atomic E-state index is 14.1. The number of nitrogens with zero attached hydrogens (tertiary/aromatic N) is 3. The van der Waals surface area contributed by atoms with Crippen molar-refractivity contribution in [2.45, 2.75) is 0 Å². The van der Waals surface area contributed by atoms with Crippen LogP contribution in [0.2, 0.25) is 0 Å². The molecule has 0 spiro atoms. The van der Waals surface area contributed by atoms with Gasteiger partial charge in [-0.3, -0.25) is 4.98 Å². The van der Waals surface area contributed by atoms with Crippen LogP contribution in [0.25, 0.3) is 11.3 Å². The maximum atomic E-state index is 14.1. The van der Waals surface area contributed by atoms with Crippen molar-refractivity contribution >= 4 is 33.4 Å². The Labute approximate surface area is 152 Å². The summed E-state index contributed by atoms with van der Waals surface area (Å²) >= 11 is 3.23. The van der Waals surface area contributed by atoms with Crippen molar-refractivity contribution in [3.05, 3.63) is 59.1 Å². The molecule has 0 unspecified atom stereocenters. The van der Waals surface area contributed by atoms with Gasteiger partial charge >= 0.3 is 0 Å². The summed E-state index contributed by atoms with van der Waals surface area (Å²) in [7, 11) is 0. The van der Waals surface area contributed by atoms with E-state index in [0.717, 1.165) is 5.56 Å². The lowest BCUT2D eigenvalue weighted by Crippen LogP contribution is -2.10. The lowest BCUT2D eigenvalue weighted by molar-refractivity contribution is 0.311. The molecule has 0 aliphatic heterocycles. The number of pyridine rings is 1. The number of anilines is 3. The van der Waals surface area contributed by atoms with Gasteiger partial charge in [0.15, 0.2) is 0 Å². The number of hydrogen-bond acceptors (Lipinski definition) is 6. The summed E-state index contributed by atoms with van der Waals surface area (Å²) in [6, 6.07) is 10.1. The SMILES string of the molecule is OCCNc1nc(Nc2ccc(Br)cc2F)cc(-c2cccnc2)n1. The fourth-order valence-electron chi connectivity index (χ4n) is 2.15. The van der Waals surface area contributed by atoms with Crippen molar-refractivity contribution in [2.75, 3.05) is 23.8 Å². The first-order valence-electron chi connectivity index (χ1n) is 7.52. The third-order valence-electron chi connectivity index (χ3n) is 3.27. The fraction of sp³-hybridized carbons (Fsp3) is 0.118. The monoisotopic (exact) mass is 403 g/mol. The summed E-state index contributed by atoms with van der Waals surface area (Å²) in [5.41, 5.74) is 1.73. The van der Waals surface area contributed by atoms with Crippen LogP contribution in [0.4, 0.5) is 21.8 Å². The Kier molecular flexibility index (Phi) is 5.52. The Morgan fingerprint density at radius 3 is 2.76 bits per heavy atom. The average Bonchev–Trinajstić information content (AvgIpc) is 2.63. The lowest BCUT2D eigenvalue weighted by Gasteiger charge is -2.11. The molecule has 2 heterocycles. The predicted octanol–water partition coefficient (Wildman–Crippen LogP) is 3.59. The second-order valence-corrected chi connectivity index (χ2v) is 6.02. The summed E-state index contributed by atoms with van der Waals surface area (Å²) in [5, 5.41) is 14.9. The van der Waals surface area contributed by atoms with E-state index in [1.54, 1.807) is 36.7 Å². The van der Waals surface area contributed by atoms with Crippen LogP contribution in [0.15, 0.2) is 53.3 Å². The summed E-state index contributed by atoms with van der Waals surface area (Å²) in [6.07, 6.45) is 3.36. The zero-order valence-electron chi connectivity index (χ0n) is 13.1. The highest BCUT2D eigenvalue weighted by Gasteiger charge is 2.09. The van der Waals surface area contributed by atoms with Gasteiger partial charge in [0.1, 0.15) is 11.6 Å². The van der Waals surface area contributed by atoms with E-state index < -0.39 is 5.82 Å². The van der Waals surface area contributed by atoms with Crippen LogP contribution in [0.3, 0.4) is 0 Å². The zero-order valence-corrected chi connectivity index (χ0v) is 14.7. The molecule has 8 heteroatoms. The molecular formula is C17H15BrFN5O. The molecule has 0 aliphatic carbocycles. The molecule has 1 aromatic carbocycles. The molecule has 3 N–H and O–H groups in total. The van der Waals surface area contributed by atoms with Gasteiger partial charge < -0.3 is 15.7 Å². The van der Waals surface area contributed by atoms with Gasteiger partial charge in [-0.15, -0.1) is 0 Å². The van der Waals surface area contributed by atoms with Crippen LogP contribution >= 0.6 is 15.9 Å². The Bertz CT molecular complexity index is 863. The van der Waals surface area contributed by atoms with E-state index in [0.29, 0.717) is 34.2 Å². The topological polar surface area (TPSA) is 83.0 Å².